The molecule has 1 aromatic carbocycles. The van der Waals surface area contributed by atoms with Crippen LogP contribution in [-0.2, 0) is 9.84 Å². The van der Waals surface area contributed by atoms with E-state index in [2.05, 4.69) is 4.90 Å². The highest BCUT2D eigenvalue weighted by molar-refractivity contribution is 7.93. The molecule has 0 bridgehead atoms. The van der Waals surface area contributed by atoms with Crippen LogP contribution in [-0.4, -0.2) is 38.2 Å². The van der Waals surface area contributed by atoms with Crippen LogP contribution >= 0.6 is 0 Å². The molecule has 3 rings (SSSR count). The molecule has 3 nitrogen and oxygen atoms in total. The van der Waals surface area contributed by atoms with E-state index in [4.69, 9.17) is 0 Å². The highest BCUT2D eigenvalue weighted by Crippen LogP contribution is 2.40. The predicted octanol–water partition coefficient (Wildman–Crippen LogP) is 1.62. The Morgan fingerprint density at radius 1 is 1.06 bits per heavy atom. The van der Waals surface area contributed by atoms with E-state index >= 15 is 0 Å². The summed E-state index contributed by atoms with van der Waals surface area (Å²) in [4.78, 5) is 2.35. The van der Waals surface area contributed by atoms with Gasteiger partial charge in [-0.3, -0.25) is 4.90 Å². The molecule has 2 saturated heterocycles. The lowest BCUT2D eigenvalue weighted by atomic mass is 10.0. The fourth-order valence-electron chi connectivity index (χ4n) is 2.99. The zero-order valence-electron chi connectivity index (χ0n) is 9.75. The van der Waals surface area contributed by atoms with Crippen LogP contribution in [0.15, 0.2) is 30.3 Å². The fourth-order valence-corrected chi connectivity index (χ4v) is 5.04. The van der Waals surface area contributed by atoms with Gasteiger partial charge in [0.1, 0.15) is 5.25 Å². The van der Waals surface area contributed by atoms with Gasteiger partial charge in [-0.15, -0.1) is 0 Å². The summed E-state index contributed by atoms with van der Waals surface area (Å²) >= 11 is 0. The number of likely N-dealkylation sites (tertiary alicyclic amines) is 1. The van der Waals surface area contributed by atoms with E-state index in [1.807, 2.05) is 30.3 Å². The van der Waals surface area contributed by atoms with E-state index in [0.29, 0.717) is 5.75 Å². The number of benzene rings is 1. The molecule has 0 aromatic heterocycles. The van der Waals surface area contributed by atoms with E-state index in [-0.39, 0.29) is 11.3 Å². The maximum absolute atomic E-state index is 12.0. The van der Waals surface area contributed by atoms with Crippen LogP contribution in [0, 0.1) is 0 Å². The maximum atomic E-state index is 12.0. The quantitative estimate of drug-likeness (QED) is 0.801. The Bertz CT molecular complexity index is 491. The Morgan fingerprint density at radius 2 is 1.71 bits per heavy atom. The molecule has 2 fully saturated rings. The Kier molecular flexibility index (Phi) is 2.71. The van der Waals surface area contributed by atoms with Gasteiger partial charge in [-0.1, -0.05) is 30.3 Å². The molecular weight excluding hydrogens is 234 g/mol. The molecule has 0 saturated carbocycles. The van der Waals surface area contributed by atoms with Crippen LogP contribution in [0.5, 0.6) is 0 Å². The van der Waals surface area contributed by atoms with Crippen LogP contribution in [0.3, 0.4) is 0 Å². The van der Waals surface area contributed by atoms with Gasteiger partial charge in [-0.05, 0) is 31.5 Å². The molecule has 0 spiro atoms. The molecule has 0 unspecified atom stereocenters. The second-order valence-corrected chi connectivity index (χ2v) is 7.14. The van der Waals surface area contributed by atoms with E-state index in [1.165, 1.54) is 12.8 Å². The first kappa shape index (κ1) is 11.2. The van der Waals surface area contributed by atoms with Crippen molar-refractivity contribution in [3.05, 3.63) is 35.9 Å². The predicted molar refractivity (Wildman–Crippen MR) is 67.6 cm³/mol. The van der Waals surface area contributed by atoms with E-state index in [1.54, 1.807) is 0 Å². The van der Waals surface area contributed by atoms with Crippen LogP contribution in [0.2, 0.25) is 0 Å². The third-order valence-electron chi connectivity index (χ3n) is 3.88. The molecule has 2 atom stereocenters. The number of rotatable bonds is 2. The Labute approximate surface area is 102 Å². The Hall–Kier alpha value is -0.870. The summed E-state index contributed by atoms with van der Waals surface area (Å²) in [6.07, 6.45) is 2.41. The van der Waals surface area contributed by atoms with Gasteiger partial charge in [-0.2, -0.15) is 0 Å². The molecular formula is C13H17NO2S. The van der Waals surface area contributed by atoms with Crippen molar-refractivity contribution in [3.8, 4) is 0 Å². The van der Waals surface area contributed by atoms with Crippen molar-refractivity contribution in [2.45, 2.75) is 24.1 Å². The van der Waals surface area contributed by atoms with Gasteiger partial charge in [0, 0.05) is 6.04 Å². The lowest BCUT2D eigenvalue weighted by Crippen LogP contribution is -2.54. The average Bonchev–Trinajstić information content (AvgIpc) is 2.80. The first-order chi connectivity index (χ1) is 8.18. The minimum absolute atomic E-state index is 0.213. The molecule has 4 heteroatoms. The molecule has 1 aromatic rings. The van der Waals surface area contributed by atoms with E-state index < -0.39 is 9.84 Å². The second kappa shape index (κ2) is 4.10. The summed E-state index contributed by atoms with van der Waals surface area (Å²) in [5, 5.41) is -0.290. The second-order valence-electron chi connectivity index (χ2n) is 4.97. The van der Waals surface area contributed by atoms with Crippen molar-refractivity contribution >= 4 is 9.84 Å². The monoisotopic (exact) mass is 251 g/mol. The zero-order valence-corrected chi connectivity index (χ0v) is 10.6. The van der Waals surface area contributed by atoms with Gasteiger partial charge in [0.2, 0.25) is 0 Å². The van der Waals surface area contributed by atoms with Crippen molar-refractivity contribution in [2.24, 2.45) is 0 Å². The fraction of sp³-hybridized carbons (Fsp3) is 0.538. The van der Waals surface area contributed by atoms with Gasteiger partial charge in [0.05, 0.1) is 5.75 Å². The normalized spacial score (nSPS) is 32.2. The Morgan fingerprint density at radius 3 is 2.29 bits per heavy atom. The third kappa shape index (κ3) is 1.89. The third-order valence-corrected chi connectivity index (χ3v) is 6.04. The van der Waals surface area contributed by atoms with Crippen LogP contribution in [0.4, 0.5) is 0 Å². The summed E-state index contributed by atoms with van der Waals surface area (Å²) in [6.45, 7) is 2.12. The highest BCUT2D eigenvalue weighted by atomic mass is 32.2. The Balaban J connectivity index is 1.89. The summed E-state index contributed by atoms with van der Waals surface area (Å²) in [5.74, 6) is 0.340. The smallest absolute Gasteiger partial charge is 0.160 e. The minimum atomic E-state index is -2.90. The van der Waals surface area contributed by atoms with Crippen molar-refractivity contribution in [3.63, 3.8) is 0 Å². The zero-order chi connectivity index (χ0) is 11.9. The average molecular weight is 251 g/mol. The van der Waals surface area contributed by atoms with Crippen molar-refractivity contribution in [1.82, 2.24) is 4.90 Å². The lowest BCUT2D eigenvalue weighted by Gasteiger charge is -2.42. The lowest BCUT2D eigenvalue weighted by molar-refractivity contribution is 0.233. The first-order valence-corrected chi connectivity index (χ1v) is 7.90. The van der Waals surface area contributed by atoms with Gasteiger partial charge >= 0.3 is 0 Å². The molecule has 0 amide bonds. The SMILES string of the molecule is O=S1(=O)C[C@@H](N2CCCC2)[C@H]1c1ccccc1. The molecule has 92 valence electrons. The van der Waals surface area contributed by atoms with E-state index in [9.17, 15) is 8.42 Å². The van der Waals surface area contributed by atoms with Crippen LogP contribution in [0.25, 0.3) is 0 Å². The molecule has 0 N–H and O–H groups in total. The van der Waals surface area contributed by atoms with Crippen LogP contribution < -0.4 is 0 Å². The summed E-state index contributed by atoms with van der Waals surface area (Å²) in [5.41, 5.74) is 0.954. The van der Waals surface area contributed by atoms with Gasteiger partial charge < -0.3 is 0 Å². The van der Waals surface area contributed by atoms with Crippen molar-refractivity contribution in [2.75, 3.05) is 18.8 Å². The van der Waals surface area contributed by atoms with Crippen molar-refractivity contribution in [1.29, 1.82) is 0 Å². The van der Waals surface area contributed by atoms with Crippen molar-refractivity contribution < 1.29 is 8.42 Å². The minimum Gasteiger partial charge on any atom is -0.298 e. The summed E-state index contributed by atoms with van der Waals surface area (Å²) in [6, 6.07) is 9.85. The van der Waals surface area contributed by atoms with Crippen LogP contribution in [0.1, 0.15) is 23.7 Å². The number of nitrogens with zero attached hydrogens (tertiary/aromatic N) is 1. The molecule has 2 heterocycles. The van der Waals surface area contributed by atoms with E-state index in [0.717, 1.165) is 18.7 Å². The molecule has 2 aliphatic heterocycles. The summed E-state index contributed by atoms with van der Waals surface area (Å²) in [7, 11) is -2.90. The van der Waals surface area contributed by atoms with Gasteiger partial charge in [0.25, 0.3) is 0 Å². The molecule has 0 radical (unpaired) electrons. The number of hydrogen-bond donors (Lipinski definition) is 0. The van der Waals surface area contributed by atoms with Gasteiger partial charge in [0.15, 0.2) is 9.84 Å². The molecule has 17 heavy (non-hydrogen) atoms. The standard InChI is InChI=1S/C13H17NO2S/c15-17(16)10-12(14-8-4-5-9-14)13(17)11-6-2-1-3-7-11/h1-3,6-7,12-13H,4-5,8-10H2/t12-,13-/m1/s1. The largest absolute Gasteiger partial charge is 0.298 e. The number of hydrogen-bond acceptors (Lipinski definition) is 3. The number of sulfone groups is 1. The summed E-state index contributed by atoms with van der Waals surface area (Å²) < 4.78 is 23.9. The molecule has 2 aliphatic rings. The topological polar surface area (TPSA) is 37.4 Å². The van der Waals surface area contributed by atoms with Gasteiger partial charge in [-0.25, -0.2) is 8.42 Å². The highest BCUT2D eigenvalue weighted by Gasteiger charge is 2.49. The molecule has 0 aliphatic carbocycles. The first-order valence-electron chi connectivity index (χ1n) is 6.19. The maximum Gasteiger partial charge on any atom is 0.160 e.